The molecule has 0 amide bonds. The van der Waals surface area contributed by atoms with Gasteiger partial charge in [0.1, 0.15) is 0 Å². The summed E-state index contributed by atoms with van der Waals surface area (Å²) < 4.78 is 0. The molecule has 2 heteroatoms. The normalized spacial score (nSPS) is 25.7. The van der Waals surface area contributed by atoms with Crippen molar-refractivity contribution < 1.29 is 0 Å². The zero-order valence-electron chi connectivity index (χ0n) is 21.4. The Kier molecular flexibility index (Phi) is 8.59. The van der Waals surface area contributed by atoms with Crippen molar-refractivity contribution in [2.45, 2.75) is 107 Å². The highest BCUT2D eigenvalue weighted by atomic mass is 15.3. The van der Waals surface area contributed by atoms with Crippen LogP contribution in [0.3, 0.4) is 0 Å². The second kappa shape index (κ2) is 9.52. The summed E-state index contributed by atoms with van der Waals surface area (Å²) in [6.45, 7) is 31.9. The number of rotatable bonds is 6. The number of nitrogens with zero attached hydrogens (tertiary/aromatic N) is 1. The third kappa shape index (κ3) is 8.06. The summed E-state index contributed by atoms with van der Waals surface area (Å²) >= 11 is 0. The van der Waals surface area contributed by atoms with E-state index in [9.17, 15) is 0 Å². The molecular formula is C27H50N2. The molecule has 0 bridgehead atoms. The lowest BCUT2D eigenvalue weighted by atomic mass is 9.74. The first kappa shape index (κ1) is 26.2. The summed E-state index contributed by atoms with van der Waals surface area (Å²) in [4.78, 5) is 2.57. The van der Waals surface area contributed by atoms with Crippen molar-refractivity contribution in [3.63, 3.8) is 0 Å². The van der Waals surface area contributed by atoms with Crippen LogP contribution < -0.4 is 5.32 Å². The highest BCUT2D eigenvalue weighted by molar-refractivity contribution is 5.18. The molecule has 0 saturated carbocycles. The molecule has 0 fully saturated rings. The molecule has 0 radical (unpaired) electrons. The second-order valence-electron chi connectivity index (χ2n) is 12.6. The molecule has 4 atom stereocenters. The average Bonchev–Trinajstić information content (AvgIpc) is 2.47. The molecule has 0 spiro atoms. The molecule has 1 aliphatic heterocycles. The van der Waals surface area contributed by atoms with E-state index in [1.807, 2.05) is 0 Å². The van der Waals surface area contributed by atoms with Crippen LogP contribution in [0.1, 0.15) is 88.5 Å². The summed E-state index contributed by atoms with van der Waals surface area (Å²) in [5, 5.41) is 3.86. The van der Waals surface area contributed by atoms with E-state index in [1.165, 1.54) is 11.1 Å². The first-order valence-corrected chi connectivity index (χ1v) is 11.4. The van der Waals surface area contributed by atoms with Gasteiger partial charge < -0.3 is 0 Å². The van der Waals surface area contributed by atoms with Crippen LogP contribution in [-0.2, 0) is 0 Å². The third-order valence-electron chi connectivity index (χ3n) is 6.65. The van der Waals surface area contributed by atoms with Crippen molar-refractivity contribution >= 4 is 0 Å². The van der Waals surface area contributed by atoms with E-state index in [0.29, 0.717) is 18.0 Å². The quantitative estimate of drug-likeness (QED) is 0.473. The molecular weight excluding hydrogens is 352 g/mol. The van der Waals surface area contributed by atoms with Gasteiger partial charge in [0.15, 0.2) is 0 Å². The maximum absolute atomic E-state index is 4.42. The zero-order chi connectivity index (χ0) is 22.8. The van der Waals surface area contributed by atoms with Crippen molar-refractivity contribution in [3.8, 4) is 0 Å². The van der Waals surface area contributed by atoms with E-state index < -0.39 is 0 Å². The Hall–Kier alpha value is -0.860. The van der Waals surface area contributed by atoms with Gasteiger partial charge in [0, 0.05) is 18.0 Å². The second-order valence-corrected chi connectivity index (χ2v) is 12.6. The van der Waals surface area contributed by atoms with E-state index in [0.717, 1.165) is 19.3 Å². The van der Waals surface area contributed by atoms with E-state index >= 15 is 0 Å². The molecule has 0 aromatic heterocycles. The van der Waals surface area contributed by atoms with Gasteiger partial charge in [0.2, 0.25) is 0 Å². The molecule has 29 heavy (non-hydrogen) atoms. The van der Waals surface area contributed by atoms with E-state index in [-0.39, 0.29) is 22.4 Å². The standard InChI is InChI=1S/C27H50N2/c1-19(2)27(11,12)18-22(17-25(5,6)7)29(13)24-15-14-23(26(8,9)10)20(3)16-21(4)28-24/h14-15,21-24,28H,1,3,16-18H2,2,4-13H3. The minimum Gasteiger partial charge on any atom is -0.296 e. The van der Waals surface area contributed by atoms with Gasteiger partial charge in [0.25, 0.3) is 0 Å². The highest BCUT2D eigenvalue weighted by Crippen LogP contribution is 2.38. The molecule has 0 aromatic rings. The maximum Gasteiger partial charge on any atom is 0.0791 e. The molecule has 0 aliphatic carbocycles. The zero-order valence-corrected chi connectivity index (χ0v) is 21.4. The van der Waals surface area contributed by atoms with Crippen molar-refractivity contribution in [1.29, 1.82) is 0 Å². The van der Waals surface area contributed by atoms with Crippen LogP contribution in [0.4, 0.5) is 0 Å². The van der Waals surface area contributed by atoms with Crippen LogP contribution in [0.2, 0.25) is 0 Å². The summed E-state index contributed by atoms with van der Waals surface area (Å²) in [6, 6.07) is 0.890. The van der Waals surface area contributed by atoms with Crippen LogP contribution in [0.25, 0.3) is 0 Å². The number of hydrogen-bond donors (Lipinski definition) is 1. The van der Waals surface area contributed by atoms with Gasteiger partial charge in [-0.25, -0.2) is 0 Å². The number of likely N-dealkylation sites (N-methyl/N-ethyl adjacent to an activating group) is 1. The molecule has 1 aliphatic rings. The Balaban J connectivity index is 3.22. The van der Waals surface area contributed by atoms with Gasteiger partial charge in [-0.3, -0.25) is 10.2 Å². The van der Waals surface area contributed by atoms with Gasteiger partial charge in [-0.05, 0) is 56.4 Å². The Morgan fingerprint density at radius 2 is 1.66 bits per heavy atom. The van der Waals surface area contributed by atoms with Crippen LogP contribution in [0.5, 0.6) is 0 Å². The van der Waals surface area contributed by atoms with E-state index in [4.69, 9.17) is 0 Å². The van der Waals surface area contributed by atoms with E-state index in [2.05, 4.69) is 112 Å². The molecule has 0 aromatic carbocycles. The Bertz CT molecular complexity index is 597. The maximum atomic E-state index is 4.42. The average molecular weight is 403 g/mol. The summed E-state index contributed by atoms with van der Waals surface area (Å²) in [5.41, 5.74) is 3.21. The first-order chi connectivity index (χ1) is 12.9. The minimum atomic E-state index is 0.128. The highest BCUT2D eigenvalue weighted by Gasteiger charge is 2.34. The molecule has 4 unspecified atom stereocenters. The summed E-state index contributed by atoms with van der Waals surface area (Å²) in [6.07, 6.45) is 8.33. The summed E-state index contributed by atoms with van der Waals surface area (Å²) in [5.74, 6) is 0.413. The topological polar surface area (TPSA) is 15.3 Å². The Morgan fingerprint density at radius 1 is 1.10 bits per heavy atom. The van der Waals surface area contributed by atoms with Crippen molar-refractivity contribution in [2.75, 3.05) is 7.05 Å². The SMILES string of the molecule is C=C1CC(C)NC(N(C)C(CC(C)(C)C)CC(C)(C)C(=C)C)C=CC1C(C)(C)C. The monoisotopic (exact) mass is 402 g/mol. The molecule has 1 N–H and O–H groups in total. The third-order valence-corrected chi connectivity index (χ3v) is 6.65. The predicted octanol–water partition coefficient (Wildman–Crippen LogP) is 7.20. The Morgan fingerprint density at radius 3 is 2.10 bits per heavy atom. The van der Waals surface area contributed by atoms with Gasteiger partial charge in [-0.2, -0.15) is 0 Å². The lowest BCUT2D eigenvalue weighted by molar-refractivity contribution is 0.0971. The molecule has 0 saturated heterocycles. The van der Waals surface area contributed by atoms with Crippen LogP contribution in [-0.4, -0.2) is 30.2 Å². The first-order valence-electron chi connectivity index (χ1n) is 11.4. The lowest BCUT2D eigenvalue weighted by Crippen LogP contribution is -2.52. The van der Waals surface area contributed by atoms with Gasteiger partial charge in [-0.1, -0.05) is 91.8 Å². The molecule has 1 rings (SSSR count). The van der Waals surface area contributed by atoms with Crippen molar-refractivity contribution in [2.24, 2.45) is 22.2 Å². The fourth-order valence-electron chi connectivity index (χ4n) is 4.49. The fourth-order valence-corrected chi connectivity index (χ4v) is 4.49. The Labute approximate surface area is 182 Å². The largest absolute Gasteiger partial charge is 0.296 e. The van der Waals surface area contributed by atoms with Crippen LogP contribution >= 0.6 is 0 Å². The molecule has 2 nitrogen and oxygen atoms in total. The number of hydrogen-bond acceptors (Lipinski definition) is 2. The van der Waals surface area contributed by atoms with E-state index in [1.54, 1.807) is 0 Å². The number of nitrogens with one attached hydrogen (secondary N) is 1. The minimum absolute atomic E-state index is 0.128. The van der Waals surface area contributed by atoms with Crippen molar-refractivity contribution in [3.05, 3.63) is 36.5 Å². The molecule has 168 valence electrons. The fraction of sp³-hybridized carbons (Fsp3) is 0.778. The van der Waals surface area contributed by atoms with Crippen molar-refractivity contribution in [1.82, 2.24) is 10.2 Å². The van der Waals surface area contributed by atoms with Gasteiger partial charge in [0.05, 0.1) is 6.17 Å². The summed E-state index contributed by atoms with van der Waals surface area (Å²) in [7, 11) is 2.29. The number of allylic oxidation sites excluding steroid dienone is 2. The van der Waals surface area contributed by atoms with Crippen LogP contribution in [0, 0.1) is 22.2 Å². The van der Waals surface area contributed by atoms with Gasteiger partial charge in [-0.15, -0.1) is 0 Å². The predicted molar refractivity (Wildman–Crippen MR) is 131 cm³/mol. The van der Waals surface area contributed by atoms with Crippen LogP contribution in [0.15, 0.2) is 36.5 Å². The van der Waals surface area contributed by atoms with Gasteiger partial charge >= 0.3 is 0 Å². The molecule has 1 heterocycles. The smallest absolute Gasteiger partial charge is 0.0791 e. The lowest BCUT2D eigenvalue weighted by Gasteiger charge is -2.43.